The third-order valence-electron chi connectivity index (χ3n) is 3.68. The van der Waals surface area contributed by atoms with Crippen molar-refractivity contribution in [3.05, 3.63) is 47.0 Å². The molecule has 0 atom stereocenters. The number of amides is 2. The van der Waals surface area contributed by atoms with E-state index in [0.29, 0.717) is 23.7 Å². The highest BCUT2D eigenvalue weighted by atomic mass is 32.1. The lowest BCUT2D eigenvalue weighted by molar-refractivity contribution is -0.127. The molecule has 0 N–H and O–H groups in total. The van der Waals surface area contributed by atoms with Crippen molar-refractivity contribution in [1.29, 1.82) is 0 Å². The fourth-order valence-electron chi connectivity index (χ4n) is 2.44. The van der Waals surface area contributed by atoms with Crippen LogP contribution in [0.4, 0.5) is 5.13 Å². The Morgan fingerprint density at radius 1 is 1.36 bits per heavy atom. The van der Waals surface area contributed by atoms with Gasteiger partial charge in [0, 0.05) is 30.1 Å². The second-order valence-electron chi connectivity index (χ2n) is 5.32. The molecule has 2 heterocycles. The molecule has 0 bridgehead atoms. The van der Waals surface area contributed by atoms with Crippen LogP contribution in [-0.2, 0) is 4.79 Å². The van der Waals surface area contributed by atoms with Gasteiger partial charge in [-0.15, -0.1) is 11.3 Å². The Balaban J connectivity index is 1.86. The van der Waals surface area contributed by atoms with E-state index in [0.717, 1.165) is 12.0 Å². The summed E-state index contributed by atoms with van der Waals surface area (Å²) in [5, 5.41) is 2.45. The molecule has 5 nitrogen and oxygen atoms in total. The van der Waals surface area contributed by atoms with Gasteiger partial charge in [0.05, 0.1) is 0 Å². The Morgan fingerprint density at radius 3 is 2.73 bits per heavy atom. The number of aryl methyl sites for hydroxylation is 1. The summed E-state index contributed by atoms with van der Waals surface area (Å²) in [5.41, 5.74) is 1.71. The maximum atomic E-state index is 12.8. The highest BCUT2D eigenvalue weighted by molar-refractivity contribution is 7.13. The molecule has 1 aromatic heterocycles. The molecule has 1 saturated heterocycles. The van der Waals surface area contributed by atoms with Gasteiger partial charge in [-0.2, -0.15) is 0 Å². The molecule has 0 spiro atoms. The third kappa shape index (κ3) is 3.01. The zero-order chi connectivity index (χ0) is 15.5. The topological polar surface area (TPSA) is 53.5 Å². The van der Waals surface area contributed by atoms with E-state index in [-0.39, 0.29) is 18.5 Å². The van der Waals surface area contributed by atoms with Gasteiger partial charge in [0.2, 0.25) is 5.91 Å². The smallest absolute Gasteiger partial charge is 0.261 e. The highest BCUT2D eigenvalue weighted by Gasteiger charge is 2.27. The average Bonchev–Trinajstić information content (AvgIpc) is 3.17. The number of benzene rings is 1. The van der Waals surface area contributed by atoms with Gasteiger partial charge < -0.3 is 4.90 Å². The van der Waals surface area contributed by atoms with Crippen molar-refractivity contribution >= 4 is 28.3 Å². The largest absolute Gasteiger partial charge is 0.324 e. The lowest BCUT2D eigenvalue weighted by atomic mass is 10.1. The highest BCUT2D eigenvalue weighted by Crippen LogP contribution is 2.22. The molecule has 1 aromatic carbocycles. The molecule has 0 radical (unpaired) electrons. The maximum Gasteiger partial charge on any atom is 0.261 e. The van der Waals surface area contributed by atoms with Crippen molar-refractivity contribution in [3.63, 3.8) is 0 Å². The van der Waals surface area contributed by atoms with E-state index >= 15 is 0 Å². The van der Waals surface area contributed by atoms with Crippen LogP contribution in [0.5, 0.6) is 0 Å². The van der Waals surface area contributed by atoms with E-state index in [4.69, 9.17) is 0 Å². The van der Waals surface area contributed by atoms with Crippen LogP contribution in [-0.4, -0.2) is 34.9 Å². The Labute approximate surface area is 133 Å². The predicted octanol–water partition coefficient (Wildman–Crippen LogP) is 2.68. The minimum atomic E-state index is -0.130. The number of carbonyl (C=O) groups is 2. The zero-order valence-corrected chi connectivity index (χ0v) is 13.2. The van der Waals surface area contributed by atoms with Gasteiger partial charge in [-0.1, -0.05) is 17.7 Å². The minimum absolute atomic E-state index is 0.0956. The van der Waals surface area contributed by atoms with Crippen LogP contribution >= 0.6 is 11.3 Å². The molecule has 1 fully saturated rings. The third-order valence-corrected chi connectivity index (χ3v) is 4.47. The summed E-state index contributed by atoms with van der Waals surface area (Å²) in [4.78, 5) is 32.2. The Morgan fingerprint density at radius 2 is 2.14 bits per heavy atom. The summed E-state index contributed by atoms with van der Waals surface area (Å²) in [5.74, 6) is -0.0343. The quantitative estimate of drug-likeness (QED) is 0.871. The molecule has 0 unspecified atom stereocenters. The van der Waals surface area contributed by atoms with Crippen LogP contribution in [0.15, 0.2) is 35.8 Å². The summed E-state index contributed by atoms with van der Waals surface area (Å²) < 4.78 is 0. The lowest BCUT2D eigenvalue weighted by Gasteiger charge is -2.26. The first kappa shape index (κ1) is 14.7. The molecule has 1 aliphatic rings. The fraction of sp³-hybridized carbons (Fsp3) is 0.312. The molecule has 6 heteroatoms. The summed E-state index contributed by atoms with van der Waals surface area (Å²) in [6.45, 7) is 2.94. The van der Waals surface area contributed by atoms with Crippen LogP contribution in [0.25, 0.3) is 0 Å². The summed E-state index contributed by atoms with van der Waals surface area (Å²) in [7, 11) is 0. The van der Waals surface area contributed by atoms with E-state index in [9.17, 15) is 9.59 Å². The number of aromatic nitrogens is 1. The molecule has 3 rings (SSSR count). The van der Waals surface area contributed by atoms with Gasteiger partial charge in [-0.3, -0.25) is 14.5 Å². The number of carbonyl (C=O) groups excluding carboxylic acids is 2. The minimum Gasteiger partial charge on any atom is -0.324 e. The molecule has 2 aromatic rings. The molecule has 0 saturated carbocycles. The van der Waals surface area contributed by atoms with Gasteiger partial charge in [-0.25, -0.2) is 4.98 Å². The number of anilines is 1. The molecule has 22 heavy (non-hydrogen) atoms. The van der Waals surface area contributed by atoms with Crippen molar-refractivity contribution in [3.8, 4) is 0 Å². The number of nitrogens with zero attached hydrogens (tertiary/aromatic N) is 3. The first-order chi connectivity index (χ1) is 10.6. The predicted molar refractivity (Wildman–Crippen MR) is 85.9 cm³/mol. The number of hydrogen-bond donors (Lipinski definition) is 0. The fourth-order valence-corrected chi connectivity index (χ4v) is 3.07. The molecule has 1 aliphatic heterocycles. The molecular weight excluding hydrogens is 298 g/mol. The molecule has 0 aliphatic carbocycles. The zero-order valence-electron chi connectivity index (χ0n) is 12.4. The van der Waals surface area contributed by atoms with Crippen molar-refractivity contribution in [2.45, 2.75) is 19.8 Å². The summed E-state index contributed by atoms with van der Waals surface area (Å²) in [6.07, 6.45) is 3.08. The van der Waals surface area contributed by atoms with Crippen LogP contribution in [0.1, 0.15) is 28.8 Å². The van der Waals surface area contributed by atoms with Crippen LogP contribution < -0.4 is 4.90 Å². The van der Waals surface area contributed by atoms with Crippen LogP contribution in [0.3, 0.4) is 0 Å². The SMILES string of the molecule is Cc1ccc(C(=O)N(CN2CCCC2=O)c2nccs2)cc1. The van der Waals surface area contributed by atoms with Crippen molar-refractivity contribution < 1.29 is 9.59 Å². The number of likely N-dealkylation sites (tertiary alicyclic amines) is 1. The van der Waals surface area contributed by atoms with E-state index in [2.05, 4.69) is 4.98 Å². The molecule has 114 valence electrons. The molecule has 2 amide bonds. The first-order valence-electron chi connectivity index (χ1n) is 7.21. The van der Waals surface area contributed by atoms with E-state index in [1.165, 1.54) is 11.3 Å². The second-order valence-corrected chi connectivity index (χ2v) is 6.19. The van der Waals surface area contributed by atoms with Crippen LogP contribution in [0, 0.1) is 6.92 Å². The van der Waals surface area contributed by atoms with Crippen molar-refractivity contribution in [1.82, 2.24) is 9.88 Å². The van der Waals surface area contributed by atoms with E-state index in [1.54, 1.807) is 16.0 Å². The normalized spacial score (nSPS) is 14.4. The standard InChI is InChI=1S/C16H17N3O2S/c1-12-4-6-13(7-5-12)15(21)19(16-17-8-10-22-16)11-18-9-2-3-14(18)20/h4-8,10H,2-3,9,11H2,1H3. The first-order valence-corrected chi connectivity index (χ1v) is 8.09. The van der Waals surface area contributed by atoms with Crippen molar-refractivity contribution in [2.24, 2.45) is 0 Å². The Bertz CT molecular complexity index is 667. The maximum absolute atomic E-state index is 12.8. The Hall–Kier alpha value is -2.21. The van der Waals surface area contributed by atoms with Gasteiger partial charge in [0.25, 0.3) is 5.91 Å². The van der Waals surface area contributed by atoms with Gasteiger partial charge in [0.15, 0.2) is 5.13 Å². The van der Waals surface area contributed by atoms with Crippen molar-refractivity contribution in [2.75, 3.05) is 18.1 Å². The number of thiazole rings is 1. The van der Waals surface area contributed by atoms with E-state index in [1.807, 2.05) is 36.6 Å². The van der Waals surface area contributed by atoms with Crippen LogP contribution in [0.2, 0.25) is 0 Å². The summed E-state index contributed by atoms with van der Waals surface area (Å²) >= 11 is 1.40. The Kier molecular flexibility index (Phi) is 4.20. The molecular formula is C16H17N3O2S. The average molecular weight is 315 g/mol. The second kappa shape index (κ2) is 6.27. The van der Waals surface area contributed by atoms with Gasteiger partial charge in [-0.05, 0) is 25.5 Å². The van der Waals surface area contributed by atoms with Gasteiger partial charge >= 0.3 is 0 Å². The lowest BCUT2D eigenvalue weighted by Crippen LogP contribution is -2.42. The van der Waals surface area contributed by atoms with E-state index < -0.39 is 0 Å². The number of hydrogen-bond acceptors (Lipinski definition) is 4. The summed E-state index contributed by atoms with van der Waals surface area (Å²) in [6, 6.07) is 7.44. The monoisotopic (exact) mass is 315 g/mol. The van der Waals surface area contributed by atoms with Gasteiger partial charge in [0.1, 0.15) is 6.67 Å². The number of rotatable bonds is 4.